The summed E-state index contributed by atoms with van der Waals surface area (Å²) < 4.78 is 5.41. The molecule has 1 aromatic rings. The number of nitrogens with zero attached hydrogens (tertiary/aromatic N) is 3. The van der Waals surface area contributed by atoms with Crippen molar-refractivity contribution in [3.05, 3.63) is 29.8 Å². The minimum atomic E-state index is -0.228. The Kier molecular flexibility index (Phi) is 6.97. The minimum absolute atomic E-state index is 0.228. The fourth-order valence-corrected chi connectivity index (χ4v) is 2.80. The molecule has 7 heteroatoms. The first-order chi connectivity index (χ1) is 11.6. The Hall–Kier alpha value is -2.17. The Balaban J connectivity index is 1.85. The number of carbonyl (C=O) groups excluding carboxylic acids is 1. The summed E-state index contributed by atoms with van der Waals surface area (Å²) in [6, 6.07) is 9.21. The average Bonchev–Trinajstić information content (AvgIpc) is 2.61. The van der Waals surface area contributed by atoms with Crippen molar-refractivity contribution in [1.29, 1.82) is 5.26 Å². The molecule has 1 saturated heterocycles. The molecule has 1 heterocycles. The van der Waals surface area contributed by atoms with Gasteiger partial charge in [-0.3, -0.25) is 15.0 Å². The standard InChI is InChI=1S/C17H22N4O2S/c1-2-23-15-6-3-5-14(13-15)16(22)19-17(24)21-11-9-20(10-12-21)8-4-7-18/h3,5-6,13H,2,4,8-12H2,1H3,(H,19,22,24). The van der Waals surface area contributed by atoms with Crippen LogP contribution >= 0.6 is 12.2 Å². The van der Waals surface area contributed by atoms with Gasteiger partial charge < -0.3 is 9.64 Å². The summed E-state index contributed by atoms with van der Waals surface area (Å²) in [7, 11) is 0. The average molecular weight is 346 g/mol. The van der Waals surface area contributed by atoms with Gasteiger partial charge in [0.05, 0.1) is 12.7 Å². The van der Waals surface area contributed by atoms with Gasteiger partial charge in [0.15, 0.2) is 5.11 Å². The van der Waals surface area contributed by atoms with Gasteiger partial charge >= 0.3 is 0 Å². The van der Waals surface area contributed by atoms with E-state index in [0.29, 0.717) is 29.5 Å². The quantitative estimate of drug-likeness (QED) is 0.818. The molecule has 2 rings (SSSR count). The van der Waals surface area contributed by atoms with Crippen molar-refractivity contribution in [3.8, 4) is 11.8 Å². The molecular weight excluding hydrogens is 324 g/mol. The first-order valence-corrected chi connectivity index (χ1v) is 8.47. The third kappa shape index (κ3) is 5.18. The summed E-state index contributed by atoms with van der Waals surface area (Å²) in [4.78, 5) is 16.6. The predicted octanol–water partition coefficient (Wildman–Crippen LogP) is 1.63. The van der Waals surface area contributed by atoms with Gasteiger partial charge in [-0.2, -0.15) is 5.26 Å². The molecule has 0 saturated carbocycles. The van der Waals surface area contributed by atoms with E-state index in [4.69, 9.17) is 22.2 Å². The lowest BCUT2D eigenvalue weighted by molar-refractivity contribution is 0.0969. The van der Waals surface area contributed by atoms with Crippen LogP contribution in [0.1, 0.15) is 23.7 Å². The van der Waals surface area contributed by atoms with E-state index >= 15 is 0 Å². The predicted molar refractivity (Wildman–Crippen MR) is 95.9 cm³/mol. The number of carbonyl (C=O) groups is 1. The van der Waals surface area contributed by atoms with Crippen LogP contribution in [0.4, 0.5) is 0 Å². The number of benzene rings is 1. The summed E-state index contributed by atoms with van der Waals surface area (Å²) in [6.07, 6.45) is 0.539. The minimum Gasteiger partial charge on any atom is -0.494 e. The van der Waals surface area contributed by atoms with Crippen molar-refractivity contribution in [3.63, 3.8) is 0 Å². The maximum Gasteiger partial charge on any atom is 0.257 e. The molecule has 128 valence electrons. The number of piperazine rings is 1. The normalized spacial score (nSPS) is 14.8. The molecule has 1 aliphatic heterocycles. The maximum atomic E-state index is 12.3. The molecule has 24 heavy (non-hydrogen) atoms. The van der Waals surface area contributed by atoms with Crippen LogP contribution < -0.4 is 10.1 Å². The second kappa shape index (κ2) is 9.21. The molecule has 1 aromatic carbocycles. The summed E-state index contributed by atoms with van der Waals surface area (Å²) in [5.41, 5.74) is 0.524. The van der Waals surface area contributed by atoms with E-state index in [2.05, 4.69) is 16.3 Å². The maximum absolute atomic E-state index is 12.3. The van der Waals surface area contributed by atoms with Crippen LogP contribution in [-0.2, 0) is 0 Å². The van der Waals surface area contributed by atoms with Gasteiger partial charge in [0.2, 0.25) is 0 Å². The highest BCUT2D eigenvalue weighted by Gasteiger charge is 2.20. The van der Waals surface area contributed by atoms with Gasteiger partial charge in [-0.15, -0.1) is 0 Å². The smallest absolute Gasteiger partial charge is 0.257 e. The van der Waals surface area contributed by atoms with Gasteiger partial charge in [0, 0.05) is 44.7 Å². The highest BCUT2D eigenvalue weighted by atomic mass is 32.1. The molecule has 0 aliphatic carbocycles. The molecule has 0 unspecified atom stereocenters. The lowest BCUT2D eigenvalue weighted by Crippen LogP contribution is -2.52. The number of nitriles is 1. The van der Waals surface area contributed by atoms with E-state index in [0.717, 1.165) is 32.7 Å². The van der Waals surface area contributed by atoms with Crippen LogP contribution in [-0.4, -0.2) is 60.2 Å². The first-order valence-electron chi connectivity index (χ1n) is 8.06. The molecule has 0 aromatic heterocycles. The van der Waals surface area contributed by atoms with E-state index < -0.39 is 0 Å². The van der Waals surface area contributed by atoms with Gasteiger partial charge in [-0.1, -0.05) is 6.07 Å². The number of thiocarbonyl (C=S) groups is 1. The Labute approximate surface area is 148 Å². The topological polar surface area (TPSA) is 68.6 Å². The molecule has 1 aliphatic rings. The number of nitrogens with one attached hydrogen (secondary N) is 1. The summed E-state index contributed by atoms with van der Waals surface area (Å²) in [6.45, 7) is 6.44. The summed E-state index contributed by atoms with van der Waals surface area (Å²) >= 11 is 5.35. The second-order valence-corrected chi connectivity index (χ2v) is 5.84. The van der Waals surface area contributed by atoms with Crippen molar-refractivity contribution in [1.82, 2.24) is 15.1 Å². The van der Waals surface area contributed by atoms with E-state index in [1.54, 1.807) is 18.2 Å². The number of hydrogen-bond acceptors (Lipinski definition) is 5. The molecule has 1 amide bonds. The van der Waals surface area contributed by atoms with Crippen LogP contribution in [0.25, 0.3) is 0 Å². The van der Waals surface area contributed by atoms with Gasteiger partial charge in [-0.05, 0) is 37.3 Å². The van der Waals surface area contributed by atoms with Crippen LogP contribution in [0.15, 0.2) is 24.3 Å². The van der Waals surface area contributed by atoms with Gasteiger partial charge in [0.25, 0.3) is 5.91 Å². The highest BCUT2D eigenvalue weighted by Crippen LogP contribution is 2.13. The molecule has 1 fully saturated rings. The molecular formula is C17H22N4O2S. The van der Waals surface area contributed by atoms with Crippen molar-refractivity contribution in [2.45, 2.75) is 13.3 Å². The van der Waals surface area contributed by atoms with Crippen molar-refractivity contribution < 1.29 is 9.53 Å². The summed E-state index contributed by atoms with van der Waals surface area (Å²) in [5.74, 6) is 0.440. The lowest BCUT2D eigenvalue weighted by atomic mass is 10.2. The largest absolute Gasteiger partial charge is 0.494 e. The monoisotopic (exact) mass is 346 g/mol. The van der Waals surface area contributed by atoms with E-state index in [1.165, 1.54) is 0 Å². The summed E-state index contributed by atoms with van der Waals surface area (Å²) in [5, 5.41) is 11.9. The fourth-order valence-electron chi connectivity index (χ4n) is 2.52. The Morgan fingerprint density at radius 3 is 2.79 bits per heavy atom. The van der Waals surface area contributed by atoms with Crippen molar-refractivity contribution >= 4 is 23.2 Å². The molecule has 1 N–H and O–H groups in total. The van der Waals surface area contributed by atoms with E-state index in [9.17, 15) is 4.79 Å². The number of hydrogen-bond donors (Lipinski definition) is 1. The molecule has 0 atom stereocenters. The molecule has 0 radical (unpaired) electrons. The SMILES string of the molecule is CCOc1cccc(C(=O)NC(=S)N2CCN(CCC#N)CC2)c1. The van der Waals surface area contributed by atoms with Crippen molar-refractivity contribution in [2.24, 2.45) is 0 Å². The molecule has 0 spiro atoms. The fraction of sp³-hybridized carbons (Fsp3) is 0.471. The zero-order valence-corrected chi connectivity index (χ0v) is 14.6. The second-order valence-electron chi connectivity index (χ2n) is 5.46. The van der Waals surface area contributed by atoms with Crippen molar-refractivity contribution in [2.75, 3.05) is 39.3 Å². The lowest BCUT2D eigenvalue weighted by Gasteiger charge is -2.35. The van der Waals surface area contributed by atoms with Gasteiger partial charge in [-0.25, -0.2) is 0 Å². The Morgan fingerprint density at radius 2 is 2.12 bits per heavy atom. The highest BCUT2D eigenvalue weighted by molar-refractivity contribution is 7.80. The van der Waals surface area contributed by atoms with Crippen LogP contribution in [0.5, 0.6) is 5.75 Å². The zero-order valence-electron chi connectivity index (χ0n) is 13.8. The van der Waals surface area contributed by atoms with Crippen LogP contribution in [0, 0.1) is 11.3 Å². The third-order valence-corrected chi connectivity index (χ3v) is 4.19. The third-order valence-electron chi connectivity index (χ3n) is 3.83. The number of ether oxygens (including phenoxy) is 1. The zero-order chi connectivity index (χ0) is 17.4. The van der Waals surface area contributed by atoms with E-state index in [1.807, 2.05) is 17.9 Å². The van der Waals surface area contributed by atoms with Crippen LogP contribution in [0.2, 0.25) is 0 Å². The Bertz CT molecular complexity index is 621. The molecule has 0 bridgehead atoms. The van der Waals surface area contributed by atoms with Gasteiger partial charge in [0.1, 0.15) is 5.75 Å². The molecule has 6 nitrogen and oxygen atoms in total. The first kappa shape index (κ1) is 18.2. The van der Waals surface area contributed by atoms with E-state index in [-0.39, 0.29) is 5.91 Å². The van der Waals surface area contributed by atoms with Crippen LogP contribution in [0.3, 0.4) is 0 Å². The number of amides is 1. The Morgan fingerprint density at radius 1 is 1.38 bits per heavy atom. The number of rotatable bonds is 5.